The smallest absolute Gasteiger partial charge is 0.319 e. The first-order valence-corrected chi connectivity index (χ1v) is 10.8. The van der Waals surface area contributed by atoms with Gasteiger partial charge < -0.3 is 14.7 Å². The zero-order valence-corrected chi connectivity index (χ0v) is 17.8. The van der Waals surface area contributed by atoms with Gasteiger partial charge in [0, 0.05) is 73.4 Å². The van der Waals surface area contributed by atoms with Crippen LogP contribution >= 0.6 is 0 Å². The fraction of sp³-hybridized carbons (Fsp3) is 0.882. The summed E-state index contributed by atoms with van der Waals surface area (Å²) in [5.74, 6) is 0.0977. The Morgan fingerprint density at radius 2 is 1.59 bits per heavy atom. The van der Waals surface area contributed by atoms with Crippen LogP contribution < -0.4 is 0 Å². The fourth-order valence-electron chi connectivity index (χ4n) is 5.07. The number of rotatable bonds is 2. The summed E-state index contributed by atoms with van der Waals surface area (Å²) in [4.78, 5) is 30.9. The van der Waals surface area contributed by atoms with Crippen molar-refractivity contribution in [3.05, 3.63) is 0 Å². The Balaban J connectivity index is 1.90. The summed E-state index contributed by atoms with van der Waals surface area (Å²) in [5, 5.41) is 0. The number of likely N-dealkylation sites (tertiary alicyclic amines) is 2. The molecule has 9 nitrogen and oxygen atoms in total. The van der Waals surface area contributed by atoms with E-state index < -0.39 is 15.6 Å². The molecule has 3 fully saturated rings. The van der Waals surface area contributed by atoms with E-state index >= 15 is 0 Å². The van der Waals surface area contributed by atoms with Gasteiger partial charge in [0.15, 0.2) is 0 Å². The first-order valence-electron chi connectivity index (χ1n) is 9.36. The molecule has 0 aromatic heterocycles. The van der Waals surface area contributed by atoms with E-state index in [0.717, 1.165) is 6.42 Å². The van der Waals surface area contributed by atoms with E-state index in [1.165, 1.54) is 22.7 Å². The predicted octanol–water partition coefficient (Wildman–Crippen LogP) is -0.279. The minimum absolute atomic E-state index is 0.0862. The lowest BCUT2D eigenvalue weighted by molar-refractivity contribution is -0.140. The first-order chi connectivity index (χ1) is 12.5. The van der Waals surface area contributed by atoms with Gasteiger partial charge in [0.05, 0.1) is 5.41 Å². The molecule has 0 unspecified atom stereocenters. The van der Waals surface area contributed by atoms with Crippen molar-refractivity contribution in [1.82, 2.24) is 23.3 Å². The molecule has 3 aliphatic heterocycles. The summed E-state index contributed by atoms with van der Waals surface area (Å²) in [6, 6.07) is -0.0862. The number of urea groups is 1. The van der Waals surface area contributed by atoms with Crippen LogP contribution in [0.15, 0.2) is 0 Å². The van der Waals surface area contributed by atoms with Crippen molar-refractivity contribution in [2.24, 2.45) is 10.8 Å². The van der Waals surface area contributed by atoms with Gasteiger partial charge in [-0.1, -0.05) is 0 Å². The second-order valence-corrected chi connectivity index (χ2v) is 10.7. The monoisotopic (exact) mass is 401 g/mol. The molecule has 0 aliphatic carbocycles. The van der Waals surface area contributed by atoms with Gasteiger partial charge in [-0.25, -0.2) is 4.79 Å². The molecule has 3 saturated heterocycles. The third kappa shape index (κ3) is 2.92. The molecule has 0 aromatic rings. The van der Waals surface area contributed by atoms with E-state index in [2.05, 4.69) is 0 Å². The number of piperidine rings is 1. The molecule has 0 N–H and O–H groups in total. The Labute approximate surface area is 162 Å². The maximum atomic E-state index is 13.2. The largest absolute Gasteiger partial charge is 0.345 e. The van der Waals surface area contributed by atoms with E-state index in [4.69, 9.17) is 0 Å². The molecule has 0 radical (unpaired) electrons. The van der Waals surface area contributed by atoms with Crippen molar-refractivity contribution < 1.29 is 18.0 Å². The average molecular weight is 402 g/mol. The normalized spacial score (nSPS) is 28.7. The highest BCUT2D eigenvalue weighted by Crippen LogP contribution is 2.57. The first kappa shape index (κ1) is 20.3. The second kappa shape index (κ2) is 6.59. The van der Waals surface area contributed by atoms with Crippen molar-refractivity contribution in [3.8, 4) is 0 Å². The lowest BCUT2D eigenvalue weighted by atomic mass is 9.60. The Morgan fingerprint density at radius 1 is 1.00 bits per heavy atom. The van der Waals surface area contributed by atoms with Crippen LogP contribution in [0, 0.1) is 10.8 Å². The van der Waals surface area contributed by atoms with Crippen molar-refractivity contribution in [2.45, 2.75) is 19.3 Å². The van der Waals surface area contributed by atoms with Gasteiger partial charge in [-0.3, -0.25) is 4.79 Å². The molecule has 154 valence electrons. The summed E-state index contributed by atoms with van der Waals surface area (Å²) in [7, 11) is 4.84. The SMILES string of the molecule is CN(C)C(=O)N1CC2(CCN(S(=O)(=O)N(C)C)CC2)[C@@]2(CCN(C)C2=O)C1. The standard InChI is InChI=1S/C17H31N5O4S/c1-18(2)15(24)21-12-16(17(13-21)8-9-20(5)14(17)23)6-10-22(11-7-16)27(25,26)19(3)4/h6-13H2,1-5H3/t17-/m0/s1. The van der Waals surface area contributed by atoms with Crippen molar-refractivity contribution in [3.63, 3.8) is 0 Å². The molecule has 3 rings (SSSR count). The van der Waals surface area contributed by atoms with Crippen LogP contribution in [0.1, 0.15) is 19.3 Å². The van der Waals surface area contributed by atoms with Crippen LogP contribution in [0.5, 0.6) is 0 Å². The number of carbonyl (C=O) groups excluding carboxylic acids is 2. The van der Waals surface area contributed by atoms with Crippen molar-refractivity contribution >= 4 is 22.1 Å². The van der Waals surface area contributed by atoms with E-state index in [-0.39, 0.29) is 17.4 Å². The van der Waals surface area contributed by atoms with Gasteiger partial charge in [-0.2, -0.15) is 17.0 Å². The summed E-state index contributed by atoms with van der Waals surface area (Å²) < 4.78 is 27.7. The molecule has 1 atom stereocenters. The predicted molar refractivity (Wildman–Crippen MR) is 101 cm³/mol. The summed E-state index contributed by atoms with van der Waals surface area (Å²) in [5.41, 5.74) is -0.958. The molecule has 3 aliphatic rings. The zero-order valence-electron chi connectivity index (χ0n) is 16.9. The van der Waals surface area contributed by atoms with E-state index in [0.29, 0.717) is 45.6 Å². The lowest BCUT2D eigenvalue weighted by Crippen LogP contribution is -2.54. The van der Waals surface area contributed by atoms with Crippen LogP contribution in [0.3, 0.4) is 0 Å². The van der Waals surface area contributed by atoms with Gasteiger partial charge in [-0.05, 0) is 19.3 Å². The topological polar surface area (TPSA) is 84.5 Å². The quantitative estimate of drug-likeness (QED) is 0.637. The zero-order chi connectivity index (χ0) is 20.2. The highest BCUT2D eigenvalue weighted by Gasteiger charge is 2.65. The number of hydrogen-bond donors (Lipinski definition) is 0. The van der Waals surface area contributed by atoms with Gasteiger partial charge in [0.1, 0.15) is 0 Å². The van der Waals surface area contributed by atoms with Crippen LogP contribution in [0.2, 0.25) is 0 Å². The summed E-state index contributed by atoms with van der Waals surface area (Å²) in [6.45, 7) is 2.38. The van der Waals surface area contributed by atoms with Crippen LogP contribution in [0.4, 0.5) is 4.79 Å². The Hall–Kier alpha value is -1.39. The number of hydrogen-bond acceptors (Lipinski definition) is 4. The molecular weight excluding hydrogens is 370 g/mol. The van der Waals surface area contributed by atoms with Crippen molar-refractivity contribution in [2.75, 3.05) is 68.0 Å². The van der Waals surface area contributed by atoms with Gasteiger partial charge >= 0.3 is 6.03 Å². The minimum atomic E-state index is -3.47. The van der Waals surface area contributed by atoms with Crippen LogP contribution in [0.25, 0.3) is 0 Å². The van der Waals surface area contributed by atoms with Crippen molar-refractivity contribution in [1.29, 1.82) is 0 Å². The molecule has 2 spiro atoms. The highest BCUT2D eigenvalue weighted by molar-refractivity contribution is 7.86. The maximum absolute atomic E-state index is 13.2. The Kier molecular flexibility index (Phi) is 4.97. The molecule has 0 bridgehead atoms. The van der Waals surface area contributed by atoms with Gasteiger partial charge in [0.2, 0.25) is 5.91 Å². The second-order valence-electron chi connectivity index (χ2n) is 8.56. The molecule has 3 amide bonds. The van der Waals surface area contributed by atoms with E-state index in [9.17, 15) is 18.0 Å². The third-order valence-electron chi connectivity index (χ3n) is 6.72. The number of fused-ring (bicyclic) bond motifs is 1. The third-order valence-corrected chi connectivity index (χ3v) is 8.66. The molecule has 0 aromatic carbocycles. The van der Waals surface area contributed by atoms with Gasteiger partial charge in [-0.15, -0.1) is 0 Å². The van der Waals surface area contributed by atoms with Crippen LogP contribution in [-0.2, 0) is 15.0 Å². The summed E-state index contributed by atoms with van der Waals surface area (Å²) >= 11 is 0. The number of amides is 3. The molecule has 10 heteroatoms. The summed E-state index contributed by atoms with van der Waals surface area (Å²) in [6.07, 6.45) is 1.91. The number of nitrogens with zero attached hydrogens (tertiary/aromatic N) is 5. The van der Waals surface area contributed by atoms with E-state index in [1.54, 1.807) is 28.8 Å². The Morgan fingerprint density at radius 3 is 2.04 bits per heavy atom. The molecule has 0 saturated carbocycles. The minimum Gasteiger partial charge on any atom is -0.345 e. The maximum Gasteiger partial charge on any atom is 0.319 e. The van der Waals surface area contributed by atoms with Crippen LogP contribution in [-0.4, -0.2) is 112 Å². The number of carbonyl (C=O) groups is 2. The molecule has 3 heterocycles. The highest BCUT2D eigenvalue weighted by atomic mass is 32.2. The van der Waals surface area contributed by atoms with E-state index in [1.807, 2.05) is 7.05 Å². The average Bonchev–Trinajstić information content (AvgIpc) is 3.08. The lowest BCUT2D eigenvalue weighted by Gasteiger charge is -2.46. The van der Waals surface area contributed by atoms with Gasteiger partial charge in [0.25, 0.3) is 10.2 Å². The molecular formula is C17H31N5O4S. The fourth-order valence-corrected chi connectivity index (χ4v) is 6.17. The molecule has 27 heavy (non-hydrogen) atoms. The Bertz CT molecular complexity index is 730.